The molecule has 0 aliphatic heterocycles. The van der Waals surface area contributed by atoms with E-state index in [4.69, 9.17) is 9.26 Å². The SMILES string of the molecule is CO[C@H](C)c1noc(CN(C)c2ccccc2N(C)C)n1. The van der Waals surface area contributed by atoms with Gasteiger partial charge in [-0.25, -0.2) is 0 Å². The van der Waals surface area contributed by atoms with Crippen LogP contribution in [-0.2, 0) is 11.3 Å². The van der Waals surface area contributed by atoms with Gasteiger partial charge in [-0.2, -0.15) is 4.98 Å². The molecule has 0 fully saturated rings. The lowest BCUT2D eigenvalue weighted by Crippen LogP contribution is -2.20. The highest BCUT2D eigenvalue weighted by atomic mass is 16.5. The van der Waals surface area contributed by atoms with Crippen LogP contribution in [-0.4, -0.2) is 38.4 Å². The van der Waals surface area contributed by atoms with E-state index in [1.807, 2.05) is 40.2 Å². The van der Waals surface area contributed by atoms with Crippen molar-refractivity contribution in [1.82, 2.24) is 10.1 Å². The number of para-hydroxylation sites is 2. The number of nitrogens with zero attached hydrogens (tertiary/aromatic N) is 4. The molecule has 0 aliphatic rings. The van der Waals surface area contributed by atoms with Crippen molar-refractivity contribution in [2.45, 2.75) is 19.6 Å². The third kappa shape index (κ3) is 3.52. The summed E-state index contributed by atoms with van der Waals surface area (Å²) < 4.78 is 10.5. The van der Waals surface area contributed by atoms with Crippen molar-refractivity contribution in [3.8, 4) is 0 Å². The van der Waals surface area contributed by atoms with Crippen LogP contribution in [0, 0.1) is 0 Å². The third-order valence-corrected chi connectivity index (χ3v) is 3.35. The van der Waals surface area contributed by atoms with Crippen molar-refractivity contribution in [3.05, 3.63) is 36.0 Å². The summed E-state index contributed by atoms with van der Waals surface area (Å²) >= 11 is 0. The molecular weight excluding hydrogens is 268 g/mol. The molecule has 0 saturated carbocycles. The molecule has 0 aliphatic carbocycles. The molecule has 0 spiro atoms. The van der Waals surface area contributed by atoms with Gasteiger partial charge in [-0.05, 0) is 19.1 Å². The standard InChI is InChI=1S/C15H22N4O2/c1-11(20-5)15-16-14(21-17-15)10-19(4)13-9-7-6-8-12(13)18(2)3/h6-9,11H,10H2,1-5H3/t11-/m1/s1. The summed E-state index contributed by atoms with van der Waals surface area (Å²) in [4.78, 5) is 8.53. The molecular formula is C15H22N4O2. The Morgan fingerprint density at radius 1 is 1.19 bits per heavy atom. The fraction of sp³-hybridized carbons (Fsp3) is 0.467. The zero-order chi connectivity index (χ0) is 15.4. The number of benzene rings is 1. The number of methoxy groups -OCH3 is 1. The minimum Gasteiger partial charge on any atom is -0.376 e. The van der Waals surface area contributed by atoms with Crippen molar-refractivity contribution in [2.24, 2.45) is 0 Å². The summed E-state index contributed by atoms with van der Waals surface area (Å²) in [6, 6.07) is 8.20. The lowest BCUT2D eigenvalue weighted by atomic mass is 10.2. The van der Waals surface area contributed by atoms with Gasteiger partial charge in [0.05, 0.1) is 17.9 Å². The van der Waals surface area contributed by atoms with Gasteiger partial charge in [0.15, 0.2) is 5.82 Å². The number of hydrogen-bond acceptors (Lipinski definition) is 6. The Morgan fingerprint density at radius 3 is 2.48 bits per heavy atom. The van der Waals surface area contributed by atoms with Crippen molar-refractivity contribution >= 4 is 11.4 Å². The summed E-state index contributed by atoms with van der Waals surface area (Å²) in [6.45, 7) is 2.44. The van der Waals surface area contributed by atoms with Crippen molar-refractivity contribution < 1.29 is 9.26 Å². The van der Waals surface area contributed by atoms with E-state index < -0.39 is 0 Å². The molecule has 6 heteroatoms. The van der Waals surface area contributed by atoms with Crippen molar-refractivity contribution in [3.63, 3.8) is 0 Å². The van der Waals surface area contributed by atoms with Gasteiger partial charge >= 0.3 is 0 Å². The van der Waals surface area contributed by atoms with Gasteiger partial charge in [-0.1, -0.05) is 17.3 Å². The monoisotopic (exact) mass is 290 g/mol. The van der Waals surface area contributed by atoms with E-state index in [9.17, 15) is 0 Å². The first-order chi connectivity index (χ1) is 10.0. The number of ether oxygens (including phenoxy) is 1. The Kier molecular flexibility index (Phi) is 4.80. The van der Waals surface area contributed by atoms with Crippen LogP contribution in [0.4, 0.5) is 11.4 Å². The van der Waals surface area contributed by atoms with E-state index in [2.05, 4.69) is 32.1 Å². The smallest absolute Gasteiger partial charge is 0.246 e. The molecule has 1 aromatic carbocycles. The molecule has 0 bridgehead atoms. The molecule has 0 saturated heterocycles. The van der Waals surface area contributed by atoms with E-state index in [0.29, 0.717) is 18.3 Å². The minimum atomic E-state index is -0.165. The van der Waals surface area contributed by atoms with Gasteiger partial charge in [0.1, 0.15) is 6.10 Å². The molecule has 1 atom stereocenters. The minimum absolute atomic E-state index is 0.165. The maximum Gasteiger partial charge on any atom is 0.246 e. The van der Waals surface area contributed by atoms with Gasteiger partial charge in [0.25, 0.3) is 0 Å². The first-order valence-electron chi connectivity index (χ1n) is 6.85. The number of anilines is 2. The number of aromatic nitrogens is 2. The fourth-order valence-electron chi connectivity index (χ4n) is 2.06. The van der Waals surface area contributed by atoms with E-state index >= 15 is 0 Å². The van der Waals surface area contributed by atoms with Crippen molar-refractivity contribution in [2.75, 3.05) is 38.1 Å². The van der Waals surface area contributed by atoms with Gasteiger partial charge in [0, 0.05) is 28.3 Å². The second kappa shape index (κ2) is 6.58. The van der Waals surface area contributed by atoms with Gasteiger partial charge in [0.2, 0.25) is 5.89 Å². The van der Waals surface area contributed by atoms with E-state index in [-0.39, 0.29) is 6.10 Å². The van der Waals surface area contributed by atoms with Crippen molar-refractivity contribution in [1.29, 1.82) is 0 Å². The van der Waals surface area contributed by atoms with Crippen LogP contribution in [0.3, 0.4) is 0 Å². The first kappa shape index (κ1) is 15.3. The Hall–Kier alpha value is -2.08. The highest BCUT2D eigenvalue weighted by molar-refractivity contribution is 5.70. The Balaban J connectivity index is 2.15. The predicted octanol–water partition coefficient (Wildman–Crippen LogP) is 2.48. The molecule has 6 nitrogen and oxygen atoms in total. The Morgan fingerprint density at radius 2 is 1.86 bits per heavy atom. The molecule has 0 radical (unpaired) electrons. The molecule has 0 amide bonds. The summed E-state index contributed by atoms with van der Waals surface area (Å²) in [6.07, 6.45) is -0.165. The zero-order valence-electron chi connectivity index (χ0n) is 13.2. The van der Waals surface area contributed by atoms with E-state index in [1.165, 1.54) is 0 Å². The first-order valence-corrected chi connectivity index (χ1v) is 6.85. The molecule has 0 N–H and O–H groups in total. The molecule has 2 rings (SSSR count). The lowest BCUT2D eigenvalue weighted by Gasteiger charge is -2.24. The summed E-state index contributed by atoms with van der Waals surface area (Å²) in [5, 5.41) is 3.94. The quantitative estimate of drug-likeness (QED) is 0.814. The van der Waals surface area contributed by atoms with Gasteiger partial charge < -0.3 is 19.1 Å². The molecule has 1 heterocycles. The maximum atomic E-state index is 5.28. The maximum absolute atomic E-state index is 5.28. The van der Waals surface area contributed by atoms with E-state index in [0.717, 1.165) is 11.4 Å². The largest absolute Gasteiger partial charge is 0.376 e. The summed E-state index contributed by atoms with van der Waals surface area (Å²) in [7, 11) is 7.68. The Bertz CT molecular complexity index is 583. The van der Waals surface area contributed by atoms with Crippen LogP contribution in [0.15, 0.2) is 28.8 Å². The molecule has 1 aromatic heterocycles. The highest BCUT2D eigenvalue weighted by Gasteiger charge is 2.16. The highest BCUT2D eigenvalue weighted by Crippen LogP contribution is 2.27. The van der Waals surface area contributed by atoms with Gasteiger partial charge in [-0.15, -0.1) is 0 Å². The van der Waals surface area contributed by atoms with Gasteiger partial charge in [-0.3, -0.25) is 0 Å². The van der Waals surface area contributed by atoms with Crippen LogP contribution < -0.4 is 9.80 Å². The molecule has 0 unspecified atom stereocenters. The second-order valence-electron chi connectivity index (χ2n) is 5.16. The topological polar surface area (TPSA) is 54.6 Å². The molecule has 21 heavy (non-hydrogen) atoms. The lowest BCUT2D eigenvalue weighted by molar-refractivity contribution is 0.109. The van der Waals surface area contributed by atoms with Crippen LogP contribution in [0.2, 0.25) is 0 Å². The van der Waals surface area contributed by atoms with Crippen LogP contribution in [0.5, 0.6) is 0 Å². The summed E-state index contributed by atoms with van der Waals surface area (Å²) in [5.41, 5.74) is 2.26. The molecule has 2 aromatic rings. The fourth-order valence-corrected chi connectivity index (χ4v) is 2.06. The van der Waals surface area contributed by atoms with Crippen LogP contribution in [0.25, 0.3) is 0 Å². The Labute approximate surface area is 125 Å². The average molecular weight is 290 g/mol. The zero-order valence-corrected chi connectivity index (χ0v) is 13.2. The summed E-state index contributed by atoms with van der Waals surface area (Å²) in [5.74, 6) is 1.15. The predicted molar refractivity (Wildman–Crippen MR) is 82.6 cm³/mol. The third-order valence-electron chi connectivity index (χ3n) is 3.35. The second-order valence-corrected chi connectivity index (χ2v) is 5.16. The van der Waals surface area contributed by atoms with E-state index in [1.54, 1.807) is 7.11 Å². The average Bonchev–Trinajstić information content (AvgIpc) is 2.94. The molecule has 114 valence electrons. The van der Waals surface area contributed by atoms with Crippen LogP contribution >= 0.6 is 0 Å². The normalized spacial score (nSPS) is 12.2. The number of rotatable bonds is 6. The van der Waals surface area contributed by atoms with Crippen LogP contribution in [0.1, 0.15) is 24.7 Å². The number of hydrogen-bond donors (Lipinski definition) is 0.